The highest BCUT2D eigenvalue weighted by Crippen LogP contribution is 2.14. The van der Waals surface area contributed by atoms with Crippen LogP contribution in [-0.4, -0.2) is 17.6 Å². The third kappa shape index (κ3) is 2.92. The zero-order valence-electron chi connectivity index (χ0n) is 6.25. The lowest BCUT2D eigenvalue weighted by Crippen LogP contribution is -2.11. The van der Waals surface area contributed by atoms with E-state index in [9.17, 15) is 4.79 Å². The van der Waals surface area contributed by atoms with Gasteiger partial charge in [0.05, 0.1) is 0 Å². The van der Waals surface area contributed by atoms with Crippen molar-refractivity contribution in [2.24, 2.45) is 0 Å². The Morgan fingerprint density at radius 1 is 1.58 bits per heavy atom. The normalized spacial score (nSPS) is 9.42. The molecule has 12 heavy (non-hydrogen) atoms. The Bertz CT molecular complexity index is 288. The first-order valence-corrected chi connectivity index (χ1v) is 4.19. The third-order valence-electron chi connectivity index (χ3n) is 1.27. The third-order valence-corrected chi connectivity index (χ3v) is 1.76. The first-order chi connectivity index (χ1) is 5.68. The van der Waals surface area contributed by atoms with Gasteiger partial charge in [0, 0.05) is 10.2 Å². The van der Waals surface area contributed by atoms with E-state index >= 15 is 0 Å². The van der Waals surface area contributed by atoms with Gasteiger partial charge in [0.15, 0.2) is 0 Å². The Morgan fingerprint density at radius 3 is 2.92 bits per heavy atom. The maximum absolute atomic E-state index is 10.2. The van der Waals surface area contributed by atoms with Gasteiger partial charge in [0.25, 0.3) is 0 Å². The fourth-order valence-electron chi connectivity index (χ4n) is 0.776. The number of aliphatic carboxylic acids is 1. The molecule has 0 aliphatic carbocycles. The highest BCUT2D eigenvalue weighted by molar-refractivity contribution is 9.10. The molecule has 0 spiro atoms. The smallest absolute Gasteiger partial charge is 0.322 e. The Morgan fingerprint density at radius 2 is 2.33 bits per heavy atom. The van der Waals surface area contributed by atoms with Crippen LogP contribution in [0.4, 0.5) is 5.69 Å². The summed E-state index contributed by atoms with van der Waals surface area (Å²) in [5.74, 6) is -0.866. The van der Waals surface area contributed by atoms with E-state index in [1.807, 2.05) is 24.3 Å². The molecule has 0 unspecified atom stereocenters. The first-order valence-electron chi connectivity index (χ1n) is 3.40. The topological polar surface area (TPSA) is 49.3 Å². The lowest BCUT2D eigenvalue weighted by atomic mass is 10.3. The predicted octanol–water partition coefficient (Wildman–Crippen LogP) is 1.95. The molecule has 0 atom stereocenters. The van der Waals surface area contributed by atoms with Crippen LogP contribution in [0.1, 0.15) is 0 Å². The summed E-state index contributed by atoms with van der Waals surface area (Å²) in [6.07, 6.45) is 0. The molecule has 0 radical (unpaired) electrons. The first kappa shape index (κ1) is 9.06. The number of halogens is 1. The second-order valence-electron chi connectivity index (χ2n) is 2.26. The largest absolute Gasteiger partial charge is 0.480 e. The van der Waals surface area contributed by atoms with Crippen LogP contribution in [0.15, 0.2) is 28.7 Å². The van der Waals surface area contributed by atoms with Gasteiger partial charge < -0.3 is 10.4 Å². The molecular weight excluding hydrogens is 222 g/mol. The van der Waals surface area contributed by atoms with Gasteiger partial charge in [-0.1, -0.05) is 22.0 Å². The van der Waals surface area contributed by atoms with Crippen molar-refractivity contribution in [2.75, 3.05) is 11.9 Å². The number of carbonyl (C=O) groups is 1. The van der Waals surface area contributed by atoms with E-state index < -0.39 is 5.97 Å². The van der Waals surface area contributed by atoms with E-state index in [4.69, 9.17) is 5.11 Å². The number of anilines is 1. The molecule has 0 aromatic heterocycles. The van der Waals surface area contributed by atoms with Crippen molar-refractivity contribution in [2.45, 2.75) is 0 Å². The lowest BCUT2D eigenvalue weighted by Gasteiger charge is -2.02. The molecule has 3 nitrogen and oxygen atoms in total. The molecule has 64 valence electrons. The number of carboxylic acid groups (broad SMARTS) is 1. The van der Waals surface area contributed by atoms with E-state index in [1.54, 1.807) is 0 Å². The Kier molecular flexibility index (Phi) is 3.10. The fraction of sp³-hybridized carbons (Fsp3) is 0.125. The monoisotopic (exact) mass is 229 g/mol. The van der Waals surface area contributed by atoms with Crippen molar-refractivity contribution in [3.8, 4) is 0 Å². The summed E-state index contributed by atoms with van der Waals surface area (Å²) >= 11 is 3.28. The summed E-state index contributed by atoms with van der Waals surface area (Å²) < 4.78 is 0.929. The van der Waals surface area contributed by atoms with Crippen LogP contribution in [0.5, 0.6) is 0 Å². The van der Waals surface area contributed by atoms with Gasteiger partial charge in [-0.15, -0.1) is 0 Å². The van der Waals surface area contributed by atoms with Crippen LogP contribution in [-0.2, 0) is 4.79 Å². The maximum Gasteiger partial charge on any atom is 0.322 e. The summed E-state index contributed by atoms with van der Waals surface area (Å²) in [4.78, 5) is 10.2. The minimum absolute atomic E-state index is 0.0591. The Hall–Kier alpha value is -1.03. The predicted molar refractivity (Wildman–Crippen MR) is 50.3 cm³/mol. The summed E-state index contributed by atoms with van der Waals surface area (Å²) in [7, 11) is 0. The van der Waals surface area contributed by atoms with Crippen molar-refractivity contribution < 1.29 is 9.90 Å². The molecule has 0 aliphatic heterocycles. The second-order valence-corrected chi connectivity index (χ2v) is 3.17. The number of hydrogen-bond acceptors (Lipinski definition) is 2. The van der Waals surface area contributed by atoms with Crippen molar-refractivity contribution in [3.63, 3.8) is 0 Å². The molecule has 1 aromatic carbocycles. The lowest BCUT2D eigenvalue weighted by molar-refractivity contribution is -0.134. The Labute approximate surface area is 78.5 Å². The molecule has 1 aromatic rings. The number of hydrogen-bond donors (Lipinski definition) is 2. The molecular formula is C8H8BrNO2. The molecule has 0 amide bonds. The van der Waals surface area contributed by atoms with E-state index in [0.717, 1.165) is 10.2 Å². The van der Waals surface area contributed by atoms with Crippen molar-refractivity contribution in [3.05, 3.63) is 28.7 Å². The van der Waals surface area contributed by atoms with Crippen LogP contribution >= 0.6 is 15.9 Å². The molecule has 0 bridgehead atoms. The van der Waals surface area contributed by atoms with E-state index in [0.29, 0.717) is 0 Å². The summed E-state index contributed by atoms with van der Waals surface area (Å²) in [6.45, 7) is -0.0591. The summed E-state index contributed by atoms with van der Waals surface area (Å²) in [5.41, 5.74) is 0.798. The Balaban J connectivity index is 2.57. The number of nitrogens with one attached hydrogen (secondary N) is 1. The molecule has 0 saturated carbocycles. The highest BCUT2D eigenvalue weighted by atomic mass is 79.9. The zero-order chi connectivity index (χ0) is 8.97. The highest BCUT2D eigenvalue weighted by Gasteiger charge is 1.96. The fourth-order valence-corrected chi connectivity index (χ4v) is 1.18. The SMILES string of the molecule is O=C(O)CNc1cccc(Br)c1. The maximum atomic E-state index is 10.2. The standard InChI is InChI=1S/C8H8BrNO2/c9-6-2-1-3-7(4-6)10-5-8(11)12/h1-4,10H,5H2,(H,11,12). The van der Waals surface area contributed by atoms with Crippen molar-refractivity contribution in [1.29, 1.82) is 0 Å². The second kappa shape index (κ2) is 4.11. The van der Waals surface area contributed by atoms with Crippen LogP contribution in [0.3, 0.4) is 0 Å². The number of carboxylic acids is 1. The number of benzene rings is 1. The number of rotatable bonds is 3. The molecule has 2 N–H and O–H groups in total. The van der Waals surface area contributed by atoms with Crippen LogP contribution in [0.25, 0.3) is 0 Å². The molecule has 0 saturated heterocycles. The minimum Gasteiger partial charge on any atom is -0.480 e. The average Bonchev–Trinajstić information content (AvgIpc) is 2.01. The van der Waals surface area contributed by atoms with E-state index in [-0.39, 0.29) is 6.54 Å². The molecule has 0 aliphatic rings. The van der Waals surface area contributed by atoms with Gasteiger partial charge in [-0.2, -0.15) is 0 Å². The summed E-state index contributed by atoms with van der Waals surface area (Å²) in [6, 6.07) is 7.36. The molecule has 4 heteroatoms. The van der Waals surface area contributed by atoms with Crippen LogP contribution in [0, 0.1) is 0 Å². The van der Waals surface area contributed by atoms with Gasteiger partial charge >= 0.3 is 5.97 Å². The van der Waals surface area contributed by atoms with E-state index in [2.05, 4.69) is 21.2 Å². The van der Waals surface area contributed by atoms with E-state index in [1.165, 1.54) is 0 Å². The summed E-state index contributed by atoms with van der Waals surface area (Å²) in [5, 5.41) is 11.1. The van der Waals surface area contributed by atoms with Gasteiger partial charge in [-0.3, -0.25) is 4.79 Å². The van der Waals surface area contributed by atoms with Gasteiger partial charge in [-0.25, -0.2) is 0 Å². The van der Waals surface area contributed by atoms with Gasteiger partial charge in [0.1, 0.15) is 6.54 Å². The van der Waals surface area contributed by atoms with Gasteiger partial charge in [-0.05, 0) is 18.2 Å². The van der Waals surface area contributed by atoms with Crippen LogP contribution in [0.2, 0.25) is 0 Å². The van der Waals surface area contributed by atoms with Crippen molar-refractivity contribution in [1.82, 2.24) is 0 Å². The quantitative estimate of drug-likeness (QED) is 0.834. The molecule has 0 fully saturated rings. The molecule has 1 rings (SSSR count). The average molecular weight is 230 g/mol. The van der Waals surface area contributed by atoms with Crippen LogP contribution < -0.4 is 5.32 Å². The van der Waals surface area contributed by atoms with Gasteiger partial charge in [0.2, 0.25) is 0 Å². The molecule has 0 heterocycles. The van der Waals surface area contributed by atoms with Crippen molar-refractivity contribution >= 4 is 27.6 Å². The zero-order valence-corrected chi connectivity index (χ0v) is 7.84. The minimum atomic E-state index is -0.866.